The van der Waals surface area contributed by atoms with Crippen molar-refractivity contribution >= 4 is 5.97 Å². The van der Waals surface area contributed by atoms with Crippen molar-refractivity contribution in [3.8, 4) is 5.75 Å². The number of hydrogen-bond acceptors (Lipinski definition) is 2. The van der Waals surface area contributed by atoms with Crippen molar-refractivity contribution in [3.05, 3.63) is 28.8 Å². The second kappa shape index (κ2) is 5.25. The van der Waals surface area contributed by atoms with Crippen molar-refractivity contribution < 1.29 is 15.0 Å². The molecule has 1 aromatic carbocycles. The van der Waals surface area contributed by atoms with Gasteiger partial charge in [-0.25, -0.2) is 0 Å². The van der Waals surface area contributed by atoms with E-state index in [0.717, 1.165) is 37.7 Å². The zero-order valence-corrected chi connectivity index (χ0v) is 14.6. The minimum absolute atomic E-state index is 0.137. The fourth-order valence-corrected chi connectivity index (χ4v) is 5.24. The Labute approximate surface area is 138 Å². The smallest absolute Gasteiger partial charge is 0.309 e. The molecule has 2 aliphatic carbocycles. The third-order valence-corrected chi connectivity index (χ3v) is 6.61. The second-order valence-corrected chi connectivity index (χ2v) is 8.31. The van der Waals surface area contributed by atoms with Crippen LogP contribution in [0, 0.1) is 11.3 Å². The molecule has 126 valence electrons. The molecule has 1 fully saturated rings. The number of fused-ring (bicyclic) bond motifs is 3. The Bertz CT molecular complexity index is 649. The van der Waals surface area contributed by atoms with Gasteiger partial charge in [-0.05, 0) is 72.6 Å². The average Bonchev–Trinajstić information content (AvgIpc) is 2.46. The van der Waals surface area contributed by atoms with E-state index >= 15 is 0 Å². The molecule has 23 heavy (non-hydrogen) atoms. The fourth-order valence-electron chi connectivity index (χ4n) is 5.24. The Balaban J connectivity index is 2.13. The van der Waals surface area contributed by atoms with Crippen LogP contribution in [0.4, 0.5) is 0 Å². The van der Waals surface area contributed by atoms with Crippen molar-refractivity contribution in [2.45, 2.75) is 71.1 Å². The Morgan fingerprint density at radius 2 is 1.96 bits per heavy atom. The van der Waals surface area contributed by atoms with E-state index in [1.165, 1.54) is 11.1 Å². The first-order valence-electron chi connectivity index (χ1n) is 8.80. The van der Waals surface area contributed by atoms with E-state index in [0.29, 0.717) is 11.7 Å². The number of carboxylic acids is 1. The third-order valence-electron chi connectivity index (χ3n) is 6.61. The Morgan fingerprint density at radius 3 is 2.57 bits per heavy atom. The lowest BCUT2D eigenvalue weighted by molar-refractivity contribution is -0.157. The van der Waals surface area contributed by atoms with E-state index in [1.54, 1.807) is 0 Å². The summed E-state index contributed by atoms with van der Waals surface area (Å²) in [5.74, 6) is 0.127. The zero-order chi connectivity index (χ0) is 17.0. The minimum atomic E-state index is -0.667. The van der Waals surface area contributed by atoms with Crippen LogP contribution in [0.5, 0.6) is 5.75 Å². The SMILES string of the molecule is CC(C)c1cc2c(cc1O)[C@]1(C)CCC[C@@](C)(C(=O)O)[C@H]1CC2. The van der Waals surface area contributed by atoms with Gasteiger partial charge < -0.3 is 10.2 Å². The first-order chi connectivity index (χ1) is 10.7. The number of rotatable bonds is 2. The molecule has 1 aromatic rings. The summed E-state index contributed by atoms with van der Waals surface area (Å²) in [6.45, 7) is 8.32. The molecule has 3 heteroatoms. The van der Waals surface area contributed by atoms with E-state index < -0.39 is 11.4 Å². The van der Waals surface area contributed by atoms with E-state index in [2.05, 4.69) is 26.8 Å². The van der Waals surface area contributed by atoms with Gasteiger partial charge in [0.05, 0.1) is 5.41 Å². The van der Waals surface area contributed by atoms with Crippen LogP contribution in [0.2, 0.25) is 0 Å². The molecule has 2 N–H and O–H groups in total. The lowest BCUT2D eigenvalue weighted by Crippen LogP contribution is -2.52. The van der Waals surface area contributed by atoms with Crippen LogP contribution < -0.4 is 0 Å². The summed E-state index contributed by atoms with van der Waals surface area (Å²) in [6, 6.07) is 4.09. The molecule has 3 rings (SSSR count). The number of phenolic OH excluding ortho intramolecular Hbond substituents is 1. The summed E-state index contributed by atoms with van der Waals surface area (Å²) in [7, 11) is 0. The van der Waals surface area contributed by atoms with Gasteiger partial charge in [0.25, 0.3) is 0 Å². The van der Waals surface area contributed by atoms with Gasteiger partial charge in [0.15, 0.2) is 0 Å². The van der Waals surface area contributed by atoms with Gasteiger partial charge >= 0.3 is 5.97 Å². The Kier molecular flexibility index (Phi) is 3.74. The predicted molar refractivity (Wildman–Crippen MR) is 91.0 cm³/mol. The van der Waals surface area contributed by atoms with Gasteiger partial charge in [-0.1, -0.05) is 33.3 Å². The quantitative estimate of drug-likeness (QED) is 0.837. The number of carboxylic acid groups (broad SMARTS) is 1. The summed E-state index contributed by atoms with van der Waals surface area (Å²) in [6.07, 6.45) is 4.54. The first-order valence-corrected chi connectivity index (χ1v) is 8.80. The summed E-state index contributed by atoms with van der Waals surface area (Å²) in [4.78, 5) is 11.9. The van der Waals surface area contributed by atoms with Crippen LogP contribution in [0.3, 0.4) is 0 Å². The highest BCUT2D eigenvalue weighted by molar-refractivity contribution is 5.75. The highest BCUT2D eigenvalue weighted by Gasteiger charge is 2.55. The molecule has 0 aliphatic heterocycles. The van der Waals surface area contributed by atoms with Gasteiger partial charge in [-0.3, -0.25) is 4.79 Å². The summed E-state index contributed by atoms with van der Waals surface area (Å²) in [5, 5.41) is 20.3. The monoisotopic (exact) mass is 316 g/mol. The topological polar surface area (TPSA) is 57.5 Å². The maximum atomic E-state index is 11.9. The fraction of sp³-hybridized carbons (Fsp3) is 0.650. The summed E-state index contributed by atoms with van der Waals surface area (Å²) < 4.78 is 0. The van der Waals surface area contributed by atoms with Crippen LogP contribution in [-0.4, -0.2) is 16.2 Å². The number of aromatic hydroxyl groups is 1. The number of aryl methyl sites for hydroxylation is 1. The van der Waals surface area contributed by atoms with E-state index in [-0.39, 0.29) is 11.3 Å². The number of hydrogen-bond donors (Lipinski definition) is 2. The van der Waals surface area contributed by atoms with Gasteiger partial charge in [0.1, 0.15) is 5.75 Å². The molecular weight excluding hydrogens is 288 g/mol. The summed E-state index contributed by atoms with van der Waals surface area (Å²) in [5.41, 5.74) is 2.69. The van der Waals surface area contributed by atoms with Crippen molar-refractivity contribution in [3.63, 3.8) is 0 Å². The molecular formula is C20H28O3. The zero-order valence-electron chi connectivity index (χ0n) is 14.6. The molecule has 3 atom stereocenters. The minimum Gasteiger partial charge on any atom is -0.508 e. The Morgan fingerprint density at radius 1 is 1.26 bits per heavy atom. The average molecular weight is 316 g/mol. The van der Waals surface area contributed by atoms with Crippen molar-refractivity contribution in [1.29, 1.82) is 0 Å². The first kappa shape index (κ1) is 16.4. The van der Waals surface area contributed by atoms with Crippen molar-refractivity contribution in [2.75, 3.05) is 0 Å². The number of aliphatic carboxylic acids is 1. The van der Waals surface area contributed by atoms with Gasteiger partial charge in [0, 0.05) is 0 Å². The standard InChI is InChI=1S/C20H28O3/c1-12(2)14-10-13-6-7-17-19(3,15(13)11-16(14)21)8-5-9-20(17,4)18(22)23/h10-12,17,21H,5-9H2,1-4H3,(H,22,23)/t17-,19-,20+/m0/s1. The van der Waals surface area contributed by atoms with E-state index in [9.17, 15) is 15.0 Å². The third kappa shape index (κ3) is 2.28. The molecule has 0 unspecified atom stereocenters. The molecule has 0 radical (unpaired) electrons. The molecule has 2 aliphatic rings. The van der Waals surface area contributed by atoms with Crippen molar-refractivity contribution in [1.82, 2.24) is 0 Å². The highest BCUT2D eigenvalue weighted by Crippen LogP contribution is 2.58. The molecule has 0 heterocycles. The van der Waals surface area contributed by atoms with E-state index in [4.69, 9.17) is 0 Å². The molecule has 0 bridgehead atoms. The maximum absolute atomic E-state index is 11.9. The molecule has 1 saturated carbocycles. The predicted octanol–water partition coefficient (Wildman–Crippen LogP) is 4.61. The lowest BCUT2D eigenvalue weighted by atomic mass is 9.49. The molecule has 0 spiro atoms. The number of carbonyl (C=O) groups is 1. The van der Waals surface area contributed by atoms with E-state index in [1.807, 2.05) is 13.0 Å². The normalized spacial score (nSPS) is 33.2. The second-order valence-electron chi connectivity index (χ2n) is 8.31. The van der Waals surface area contributed by atoms with Gasteiger partial charge in [-0.2, -0.15) is 0 Å². The van der Waals surface area contributed by atoms with Gasteiger partial charge in [-0.15, -0.1) is 0 Å². The van der Waals surface area contributed by atoms with Crippen LogP contribution >= 0.6 is 0 Å². The largest absolute Gasteiger partial charge is 0.508 e. The van der Waals surface area contributed by atoms with Crippen LogP contribution in [0.1, 0.15) is 76.0 Å². The molecule has 0 aromatic heterocycles. The molecule has 0 amide bonds. The van der Waals surface area contributed by atoms with Gasteiger partial charge in [0.2, 0.25) is 0 Å². The van der Waals surface area contributed by atoms with Crippen molar-refractivity contribution in [2.24, 2.45) is 11.3 Å². The van der Waals surface area contributed by atoms with Crippen LogP contribution in [-0.2, 0) is 16.6 Å². The number of phenols is 1. The molecule has 0 saturated heterocycles. The van der Waals surface area contributed by atoms with Crippen LogP contribution in [0.15, 0.2) is 12.1 Å². The lowest BCUT2D eigenvalue weighted by Gasteiger charge is -2.53. The molecule has 3 nitrogen and oxygen atoms in total. The number of benzene rings is 1. The summed E-state index contributed by atoms with van der Waals surface area (Å²) >= 11 is 0. The maximum Gasteiger partial charge on any atom is 0.309 e. The Hall–Kier alpha value is -1.51. The van der Waals surface area contributed by atoms with Crippen LogP contribution in [0.25, 0.3) is 0 Å². The highest BCUT2D eigenvalue weighted by atomic mass is 16.4.